The smallest absolute Gasteiger partial charge is 0.243 e. The standard InChI is InChI=1S/C14H25N3O3/c1-2-19-14(8-5-3-4-6-9-14)13-16-12(20-17-13)11(15)7-10-18/h11,18H,2-10,15H2,1H3. The molecule has 1 aromatic rings. The van der Waals surface area contributed by atoms with Crippen LogP contribution in [-0.4, -0.2) is 28.5 Å². The summed E-state index contributed by atoms with van der Waals surface area (Å²) in [6.07, 6.45) is 6.96. The molecule has 114 valence electrons. The summed E-state index contributed by atoms with van der Waals surface area (Å²) in [7, 11) is 0. The van der Waals surface area contributed by atoms with E-state index in [0.717, 1.165) is 25.7 Å². The molecule has 0 spiro atoms. The molecule has 2 rings (SSSR count). The first-order valence-corrected chi connectivity index (χ1v) is 7.56. The van der Waals surface area contributed by atoms with Gasteiger partial charge in [0.05, 0.1) is 6.04 Å². The molecule has 1 aliphatic carbocycles. The van der Waals surface area contributed by atoms with E-state index < -0.39 is 11.6 Å². The lowest BCUT2D eigenvalue weighted by molar-refractivity contribution is -0.0636. The first-order valence-electron chi connectivity index (χ1n) is 7.56. The third-order valence-corrected chi connectivity index (χ3v) is 3.94. The Kier molecular flexibility index (Phi) is 5.51. The Morgan fingerprint density at radius 1 is 1.35 bits per heavy atom. The molecule has 0 aliphatic heterocycles. The second-order valence-corrected chi connectivity index (χ2v) is 5.42. The maximum Gasteiger partial charge on any atom is 0.243 e. The van der Waals surface area contributed by atoms with Gasteiger partial charge in [-0.1, -0.05) is 30.8 Å². The normalized spacial score (nSPS) is 20.6. The highest BCUT2D eigenvalue weighted by molar-refractivity contribution is 5.04. The minimum atomic E-state index is -0.425. The quantitative estimate of drug-likeness (QED) is 0.776. The van der Waals surface area contributed by atoms with Crippen molar-refractivity contribution in [3.63, 3.8) is 0 Å². The Bertz CT molecular complexity index is 400. The number of hydrogen-bond acceptors (Lipinski definition) is 6. The number of rotatable bonds is 6. The molecule has 1 heterocycles. The van der Waals surface area contributed by atoms with Crippen LogP contribution in [0.1, 0.15) is 69.6 Å². The molecule has 0 bridgehead atoms. The van der Waals surface area contributed by atoms with E-state index in [4.69, 9.17) is 20.1 Å². The molecule has 1 fully saturated rings. The van der Waals surface area contributed by atoms with Gasteiger partial charge in [-0.15, -0.1) is 0 Å². The van der Waals surface area contributed by atoms with Gasteiger partial charge in [0, 0.05) is 13.2 Å². The molecule has 1 saturated carbocycles. The van der Waals surface area contributed by atoms with Crippen molar-refractivity contribution in [2.24, 2.45) is 5.73 Å². The average molecular weight is 283 g/mol. The largest absolute Gasteiger partial charge is 0.396 e. The predicted octanol–water partition coefficient (Wildman–Crippen LogP) is 2.04. The summed E-state index contributed by atoms with van der Waals surface area (Å²) in [4.78, 5) is 4.45. The zero-order valence-corrected chi connectivity index (χ0v) is 12.2. The molecule has 1 unspecified atom stereocenters. The van der Waals surface area contributed by atoms with Crippen LogP contribution in [0.4, 0.5) is 0 Å². The van der Waals surface area contributed by atoms with E-state index in [9.17, 15) is 0 Å². The van der Waals surface area contributed by atoms with Crippen LogP contribution in [0.25, 0.3) is 0 Å². The molecule has 6 heteroatoms. The summed E-state index contributed by atoms with van der Waals surface area (Å²) in [6, 6.07) is -0.411. The van der Waals surface area contributed by atoms with E-state index in [0.29, 0.717) is 24.7 Å². The SMILES string of the molecule is CCOC1(c2noc(C(N)CCO)n2)CCCCCC1. The van der Waals surface area contributed by atoms with E-state index >= 15 is 0 Å². The third kappa shape index (κ3) is 3.37. The van der Waals surface area contributed by atoms with Gasteiger partial charge in [-0.2, -0.15) is 4.98 Å². The number of nitrogens with two attached hydrogens (primary N) is 1. The molecule has 20 heavy (non-hydrogen) atoms. The fourth-order valence-corrected chi connectivity index (χ4v) is 2.84. The monoisotopic (exact) mass is 283 g/mol. The first kappa shape index (κ1) is 15.4. The zero-order chi connectivity index (χ0) is 14.4. The molecule has 0 saturated heterocycles. The lowest BCUT2D eigenvalue weighted by Gasteiger charge is -2.29. The van der Waals surface area contributed by atoms with Crippen LogP contribution in [-0.2, 0) is 10.3 Å². The van der Waals surface area contributed by atoms with Crippen molar-refractivity contribution in [1.82, 2.24) is 10.1 Å². The second kappa shape index (κ2) is 7.15. The molecule has 3 N–H and O–H groups in total. The molecule has 0 amide bonds. The fraction of sp³-hybridized carbons (Fsp3) is 0.857. The Hall–Kier alpha value is -0.980. The molecule has 1 aliphatic rings. The van der Waals surface area contributed by atoms with E-state index in [1.54, 1.807) is 0 Å². The van der Waals surface area contributed by atoms with Crippen LogP contribution in [0.3, 0.4) is 0 Å². The van der Waals surface area contributed by atoms with Crippen LogP contribution in [0.2, 0.25) is 0 Å². The molecule has 1 atom stereocenters. The number of aromatic nitrogens is 2. The Labute approximate surface area is 119 Å². The summed E-state index contributed by atoms with van der Waals surface area (Å²) in [5.41, 5.74) is 5.47. The number of aliphatic hydroxyl groups is 1. The van der Waals surface area contributed by atoms with Gasteiger partial charge in [-0.05, 0) is 26.2 Å². The van der Waals surface area contributed by atoms with Crippen LogP contribution >= 0.6 is 0 Å². The lowest BCUT2D eigenvalue weighted by Crippen LogP contribution is -2.31. The molecule has 0 aromatic carbocycles. The Morgan fingerprint density at radius 3 is 2.65 bits per heavy atom. The summed E-state index contributed by atoms with van der Waals surface area (Å²) in [5.74, 6) is 1.00. The van der Waals surface area contributed by atoms with Gasteiger partial charge >= 0.3 is 0 Å². The van der Waals surface area contributed by atoms with Gasteiger partial charge in [-0.3, -0.25) is 0 Å². The minimum Gasteiger partial charge on any atom is -0.396 e. The summed E-state index contributed by atoms with van der Waals surface area (Å²) in [6.45, 7) is 2.63. The van der Waals surface area contributed by atoms with Crippen molar-refractivity contribution in [1.29, 1.82) is 0 Å². The van der Waals surface area contributed by atoms with E-state index in [1.807, 2.05) is 6.92 Å². The van der Waals surface area contributed by atoms with Crippen LogP contribution < -0.4 is 5.73 Å². The van der Waals surface area contributed by atoms with Crippen molar-refractivity contribution in [2.45, 2.75) is 63.5 Å². The number of nitrogens with zero attached hydrogens (tertiary/aromatic N) is 2. The molecular formula is C14H25N3O3. The van der Waals surface area contributed by atoms with Crippen molar-refractivity contribution in [3.05, 3.63) is 11.7 Å². The van der Waals surface area contributed by atoms with Gasteiger partial charge in [0.15, 0.2) is 0 Å². The number of aliphatic hydroxyl groups excluding tert-OH is 1. The van der Waals surface area contributed by atoms with E-state index in [1.165, 1.54) is 12.8 Å². The highest BCUT2D eigenvalue weighted by atomic mass is 16.5. The number of hydrogen-bond donors (Lipinski definition) is 2. The number of ether oxygens (including phenoxy) is 1. The maximum atomic E-state index is 8.93. The predicted molar refractivity (Wildman–Crippen MR) is 73.9 cm³/mol. The molecule has 6 nitrogen and oxygen atoms in total. The van der Waals surface area contributed by atoms with Gasteiger partial charge in [-0.25, -0.2) is 0 Å². The fourth-order valence-electron chi connectivity index (χ4n) is 2.84. The highest BCUT2D eigenvalue weighted by Gasteiger charge is 2.38. The summed E-state index contributed by atoms with van der Waals surface area (Å²) >= 11 is 0. The maximum absolute atomic E-state index is 8.93. The van der Waals surface area contributed by atoms with Gasteiger partial charge < -0.3 is 20.1 Å². The van der Waals surface area contributed by atoms with Gasteiger partial charge in [0.2, 0.25) is 11.7 Å². The zero-order valence-electron chi connectivity index (χ0n) is 12.2. The van der Waals surface area contributed by atoms with Crippen LogP contribution in [0, 0.1) is 0 Å². The minimum absolute atomic E-state index is 0.00941. The highest BCUT2D eigenvalue weighted by Crippen LogP contribution is 2.38. The van der Waals surface area contributed by atoms with E-state index in [-0.39, 0.29) is 6.61 Å². The van der Waals surface area contributed by atoms with Crippen molar-refractivity contribution in [3.8, 4) is 0 Å². The second-order valence-electron chi connectivity index (χ2n) is 5.42. The summed E-state index contributed by atoms with van der Waals surface area (Å²) in [5, 5.41) is 13.0. The molecular weight excluding hydrogens is 258 g/mol. The van der Waals surface area contributed by atoms with Gasteiger partial charge in [0.25, 0.3) is 0 Å². The molecule has 0 radical (unpaired) electrons. The average Bonchev–Trinajstić information content (AvgIpc) is 2.82. The third-order valence-electron chi connectivity index (χ3n) is 3.94. The van der Waals surface area contributed by atoms with Crippen molar-refractivity contribution >= 4 is 0 Å². The van der Waals surface area contributed by atoms with Crippen molar-refractivity contribution in [2.75, 3.05) is 13.2 Å². The van der Waals surface area contributed by atoms with E-state index in [2.05, 4.69) is 10.1 Å². The van der Waals surface area contributed by atoms with Crippen LogP contribution in [0.15, 0.2) is 4.52 Å². The first-order chi connectivity index (χ1) is 9.72. The van der Waals surface area contributed by atoms with Crippen LogP contribution in [0.5, 0.6) is 0 Å². The molecule has 1 aromatic heterocycles. The Morgan fingerprint density at radius 2 is 2.05 bits per heavy atom. The lowest BCUT2D eigenvalue weighted by atomic mass is 9.93. The Balaban J connectivity index is 2.20. The van der Waals surface area contributed by atoms with Crippen molar-refractivity contribution < 1.29 is 14.4 Å². The topological polar surface area (TPSA) is 94.4 Å². The van der Waals surface area contributed by atoms with Gasteiger partial charge in [0.1, 0.15) is 5.60 Å². The summed E-state index contributed by atoms with van der Waals surface area (Å²) < 4.78 is 11.3.